The molecular weight excluding hydrogens is 260 g/mol. The Balaban J connectivity index is 0.000000364. The number of hydrogen-bond acceptors (Lipinski definition) is 5. The van der Waals surface area contributed by atoms with E-state index in [4.69, 9.17) is 5.73 Å². The number of aryl methyl sites for hydroxylation is 1. The predicted molar refractivity (Wildman–Crippen MR) is 94.2 cm³/mol. The zero-order valence-electron chi connectivity index (χ0n) is 12.8. The van der Waals surface area contributed by atoms with Crippen molar-refractivity contribution in [1.82, 2.24) is 19.9 Å². The molecule has 0 atom stereocenters. The molecule has 0 aromatic carbocycles. The standard InChI is InChI=1S/C7H11BN2.C6H10BN3.CH4/c1-6-9-4-7(5-10-6)8(2)3;1-7(2)5-3-9-6(8)10-4-5;/h4-5H,1-3H3;3-4H,1-2H3,(H2,8,9,10);1H4. The number of nitrogen functional groups attached to an aromatic ring is 1. The molecule has 0 fully saturated rings. The van der Waals surface area contributed by atoms with Crippen molar-refractivity contribution in [1.29, 1.82) is 0 Å². The smallest absolute Gasteiger partial charge is 0.219 e. The van der Waals surface area contributed by atoms with Crippen LogP contribution in [0.3, 0.4) is 0 Å². The van der Waals surface area contributed by atoms with Gasteiger partial charge in [0, 0.05) is 24.8 Å². The Labute approximate surface area is 129 Å². The lowest BCUT2D eigenvalue weighted by atomic mass is 9.50. The molecule has 2 heterocycles. The highest BCUT2D eigenvalue weighted by molar-refractivity contribution is 6.70. The van der Waals surface area contributed by atoms with Gasteiger partial charge in [0.1, 0.15) is 5.82 Å². The van der Waals surface area contributed by atoms with Gasteiger partial charge in [0.2, 0.25) is 5.95 Å². The summed E-state index contributed by atoms with van der Waals surface area (Å²) in [6.07, 6.45) is 7.28. The van der Waals surface area contributed by atoms with Crippen molar-refractivity contribution in [3.05, 3.63) is 30.6 Å². The maximum absolute atomic E-state index is 5.30. The van der Waals surface area contributed by atoms with E-state index in [-0.39, 0.29) is 7.43 Å². The molecule has 0 radical (unpaired) electrons. The first kappa shape index (κ1) is 19.1. The molecule has 7 heteroatoms. The van der Waals surface area contributed by atoms with Gasteiger partial charge in [-0.3, -0.25) is 0 Å². The first-order valence-electron chi connectivity index (χ1n) is 6.76. The minimum absolute atomic E-state index is 0. The van der Waals surface area contributed by atoms with Gasteiger partial charge in [0.05, 0.1) is 0 Å². The Hall–Kier alpha value is -1.91. The average Bonchev–Trinajstić information content (AvgIpc) is 2.40. The molecule has 2 aromatic rings. The van der Waals surface area contributed by atoms with Crippen molar-refractivity contribution in [2.75, 3.05) is 5.73 Å². The van der Waals surface area contributed by atoms with Crippen LogP contribution < -0.4 is 16.7 Å². The number of hydrogen-bond donors (Lipinski definition) is 1. The van der Waals surface area contributed by atoms with Gasteiger partial charge in [-0.2, -0.15) is 0 Å². The van der Waals surface area contributed by atoms with Crippen LogP contribution in [0.25, 0.3) is 0 Å². The molecule has 112 valence electrons. The lowest BCUT2D eigenvalue weighted by Crippen LogP contribution is -2.23. The third kappa shape index (κ3) is 6.88. The van der Waals surface area contributed by atoms with E-state index in [2.05, 4.69) is 47.2 Å². The fourth-order valence-corrected chi connectivity index (χ4v) is 1.35. The summed E-state index contributed by atoms with van der Waals surface area (Å²) in [7, 11) is 0. The normalized spacial score (nSPS) is 9.00. The minimum Gasteiger partial charge on any atom is -0.368 e. The van der Waals surface area contributed by atoms with Crippen LogP contribution in [0.1, 0.15) is 13.3 Å². The lowest BCUT2D eigenvalue weighted by Gasteiger charge is -1.99. The molecule has 0 aliphatic rings. The highest BCUT2D eigenvalue weighted by Crippen LogP contribution is 1.86. The van der Waals surface area contributed by atoms with Crippen LogP contribution in [0.4, 0.5) is 5.95 Å². The Morgan fingerprint density at radius 2 is 1.10 bits per heavy atom. The SMILES string of the molecule is C.CB(C)c1cnc(C)nc1.CB(C)c1cnc(N)nc1. The lowest BCUT2D eigenvalue weighted by molar-refractivity contribution is 1.06. The van der Waals surface area contributed by atoms with Gasteiger partial charge >= 0.3 is 0 Å². The number of anilines is 1. The third-order valence-electron chi connectivity index (χ3n) is 2.83. The summed E-state index contributed by atoms with van der Waals surface area (Å²) in [5, 5.41) is 0. The van der Waals surface area contributed by atoms with Gasteiger partial charge in [-0.25, -0.2) is 19.9 Å². The number of nitrogens with zero attached hydrogens (tertiary/aromatic N) is 4. The van der Waals surface area contributed by atoms with Crippen molar-refractivity contribution in [2.24, 2.45) is 0 Å². The van der Waals surface area contributed by atoms with Gasteiger partial charge < -0.3 is 5.73 Å². The van der Waals surface area contributed by atoms with Crippen LogP contribution in [0.2, 0.25) is 27.3 Å². The second kappa shape index (κ2) is 9.10. The van der Waals surface area contributed by atoms with E-state index in [1.54, 1.807) is 12.4 Å². The molecule has 0 aliphatic heterocycles. The van der Waals surface area contributed by atoms with Crippen molar-refractivity contribution < 1.29 is 0 Å². The maximum Gasteiger partial charge on any atom is 0.219 e. The molecule has 2 rings (SSSR count). The molecule has 0 saturated heterocycles. The van der Waals surface area contributed by atoms with Gasteiger partial charge in [-0.15, -0.1) is 0 Å². The van der Waals surface area contributed by atoms with Crippen LogP contribution in [0.5, 0.6) is 0 Å². The second-order valence-corrected chi connectivity index (χ2v) is 5.25. The van der Waals surface area contributed by atoms with Crippen LogP contribution in [0.15, 0.2) is 24.8 Å². The van der Waals surface area contributed by atoms with E-state index in [0.717, 1.165) is 11.3 Å². The van der Waals surface area contributed by atoms with E-state index in [0.29, 0.717) is 19.4 Å². The van der Waals surface area contributed by atoms with Crippen molar-refractivity contribution in [3.63, 3.8) is 0 Å². The molecule has 2 aromatic heterocycles. The van der Waals surface area contributed by atoms with Gasteiger partial charge in [0.15, 0.2) is 13.4 Å². The summed E-state index contributed by atoms with van der Waals surface area (Å²) < 4.78 is 0. The first-order chi connectivity index (χ1) is 9.40. The van der Waals surface area contributed by atoms with Gasteiger partial charge in [0.25, 0.3) is 0 Å². The largest absolute Gasteiger partial charge is 0.368 e. The van der Waals surface area contributed by atoms with E-state index in [1.807, 2.05) is 19.3 Å². The molecule has 0 bridgehead atoms. The monoisotopic (exact) mass is 285 g/mol. The van der Waals surface area contributed by atoms with E-state index < -0.39 is 0 Å². The molecule has 2 N–H and O–H groups in total. The van der Waals surface area contributed by atoms with Gasteiger partial charge in [-0.05, 0) is 17.8 Å². The van der Waals surface area contributed by atoms with Crippen molar-refractivity contribution in [3.8, 4) is 0 Å². The van der Waals surface area contributed by atoms with Crippen LogP contribution in [-0.2, 0) is 0 Å². The predicted octanol–water partition coefficient (Wildman–Crippen LogP) is 1.40. The quantitative estimate of drug-likeness (QED) is 0.844. The van der Waals surface area contributed by atoms with Crippen molar-refractivity contribution in [2.45, 2.75) is 41.6 Å². The zero-order chi connectivity index (χ0) is 15.1. The average molecular weight is 285 g/mol. The zero-order valence-corrected chi connectivity index (χ0v) is 12.8. The summed E-state index contributed by atoms with van der Waals surface area (Å²) in [5.41, 5.74) is 7.62. The van der Waals surface area contributed by atoms with Crippen LogP contribution in [-0.4, -0.2) is 33.4 Å². The Morgan fingerprint density at radius 3 is 1.43 bits per heavy atom. The van der Waals surface area contributed by atoms with Crippen LogP contribution in [0, 0.1) is 6.92 Å². The number of rotatable bonds is 2. The van der Waals surface area contributed by atoms with E-state index in [1.165, 1.54) is 5.46 Å². The summed E-state index contributed by atoms with van der Waals surface area (Å²) in [6.45, 7) is 11.3. The highest BCUT2D eigenvalue weighted by Gasteiger charge is 2.02. The molecule has 0 amide bonds. The Morgan fingerprint density at radius 1 is 0.762 bits per heavy atom. The first-order valence-corrected chi connectivity index (χ1v) is 6.76. The third-order valence-corrected chi connectivity index (χ3v) is 2.83. The van der Waals surface area contributed by atoms with Crippen molar-refractivity contribution >= 4 is 30.3 Å². The fourth-order valence-electron chi connectivity index (χ4n) is 1.35. The summed E-state index contributed by atoms with van der Waals surface area (Å²) in [5.74, 6) is 1.17. The number of aromatic nitrogens is 4. The Bertz CT molecular complexity index is 462. The summed E-state index contributed by atoms with van der Waals surface area (Å²) in [6, 6.07) is 0. The molecule has 21 heavy (non-hydrogen) atoms. The van der Waals surface area contributed by atoms with Crippen LogP contribution >= 0.6 is 0 Å². The molecule has 0 aliphatic carbocycles. The molecular formula is C14H25B2N5. The highest BCUT2D eigenvalue weighted by atomic mass is 15.0. The second-order valence-electron chi connectivity index (χ2n) is 5.25. The maximum atomic E-state index is 5.30. The topological polar surface area (TPSA) is 77.6 Å². The fraction of sp³-hybridized carbons (Fsp3) is 0.429. The molecule has 0 saturated carbocycles. The summed E-state index contributed by atoms with van der Waals surface area (Å²) >= 11 is 0. The van der Waals surface area contributed by atoms with Gasteiger partial charge in [-0.1, -0.05) is 34.7 Å². The molecule has 0 unspecified atom stereocenters. The van der Waals surface area contributed by atoms with E-state index in [9.17, 15) is 0 Å². The summed E-state index contributed by atoms with van der Waals surface area (Å²) in [4.78, 5) is 15.9. The van der Waals surface area contributed by atoms with E-state index >= 15 is 0 Å². The Kier molecular flexibility index (Phi) is 8.28. The molecule has 5 nitrogen and oxygen atoms in total. The number of nitrogens with two attached hydrogens (primary N) is 1. The molecule has 0 spiro atoms. The minimum atomic E-state index is 0.